The maximum Gasteiger partial charge on any atom is 0.309 e. The van der Waals surface area contributed by atoms with E-state index in [-0.39, 0.29) is 6.42 Å². The van der Waals surface area contributed by atoms with Gasteiger partial charge >= 0.3 is 5.97 Å². The van der Waals surface area contributed by atoms with Crippen LogP contribution < -0.4 is 4.74 Å². The second-order valence-corrected chi connectivity index (χ2v) is 5.34. The lowest BCUT2D eigenvalue weighted by molar-refractivity contribution is -0.136. The minimum Gasteiger partial charge on any atom is -0.493 e. The largest absolute Gasteiger partial charge is 0.493 e. The highest BCUT2D eigenvalue weighted by Crippen LogP contribution is 2.15. The zero-order chi connectivity index (χ0) is 14.4. The molecular weight excluding hydrogens is 274 g/mol. The van der Waals surface area contributed by atoms with Crippen molar-refractivity contribution in [1.29, 1.82) is 0 Å². The number of hydrogen-bond acceptors (Lipinski definition) is 4. The average molecular weight is 291 g/mol. The van der Waals surface area contributed by atoms with Gasteiger partial charge in [-0.3, -0.25) is 4.79 Å². The van der Waals surface area contributed by atoms with Gasteiger partial charge in [0.25, 0.3) is 0 Å². The lowest BCUT2D eigenvalue weighted by Gasteiger charge is -2.05. The van der Waals surface area contributed by atoms with Crippen LogP contribution in [0.15, 0.2) is 29.6 Å². The van der Waals surface area contributed by atoms with Crippen LogP contribution in [-0.4, -0.2) is 22.7 Å². The number of aromatic nitrogens is 1. The van der Waals surface area contributed by atoms with Crippen LogP contribution in [0.25, 0.3) is 0 Å². The standard InChI is InChI=1S/C15H17NO3S/c1-2-11-3-5-13(6-4-11)19-8-7-14-16-12(10-20-14)9-15(17)18/h3-6,10H,2,7-9H2,1H3,(H,17,18). The van der Waals surface area contributed by atoms with E-state index < -0.39 is 5.97 Å². The summed E-state index contributed by atoms with van der Waals surface area (Å²) in [7, 11) is 0. The van der Waals surface area contributed by atoms with E-state index in [1.165, 1.54) is 16.9 Å². The van der Waals surface area contributed by atoms with E-state index in [2.05, 4.69) is 24.0 Å². The van der Waals surface area contributed by atoms with Crippen molar-refractivity contribution in [1.82, 2.24) is 4.98 Å². The van der Waals surface area contributed by atoms with E-state index >= 15 is 0 Å². The lowest BCUT2D eigenvalue weighted by atomic mass is 10.2. The van der Waals surface area contributed by atoms with Crippen LogP contribution in [0, 0.1) is 0 Å². The van der Waals surface area contributed by atoms with Gasteiger partial charge in [-0.1, -0.05) is 19.1 Å². The molecule has 0 aliphatic carbocycles. The number of aryl methyl sites for hydroxylation is 1. The minimum atomic E-state index is -0.853. The van der Waals surface area contributed by atoms with Gasteiger partial charge in [0.1, 0.15) is 5.75 Å². The Morgan fingerprint density at radius 3 is 2.75 bits per heavy atom. The van der Waals surface area contributed by atoms with E-state index in [4.69, 9.17) is 9.84 Å². The van der Waals surface area contributed by atoms with Crippen molar-refractivity contribution < 1.29 is 14.6 Å². The summed E-state index contributed by atoms with van der Waals surface area (Å²) in [4.78, 5) is 14.8. The van der Waals surface area contributed by atoms with Gasteiger partial charge in [0.15, 0.2) is 0 Å². The molecule has 0 radical (unpaired) electrons. The molecule has 1 N–H and O–H groups in total. The Kier molecular flexibility index (Phi) is 5.12. The summed E-state index contributed by atoms with van der Waals surface area (Å²) in [6.45, 7) is 2.67. The van der Waals surface area contributed by atoms with Crippen molar-refractivity contribution in [2.45, 2.75) is 26.2 Å². The third-order valence-corrected chi connectivity index (χ3v) is 3.81. The Morgan fingerprint density at radius 1 is 1.35 bits per heavy atom. The predicted molar refractivity (Wildman–Crippen MR) is 78.5 cm³/mol. The fourth-order valence-electron chi connectivity index (χ4n) is 1.78. The molecule has 1 heterocycles. The van der Waals surface area contributed by atoms with E-state index in [9.17, 15) is 4.79 Å². The molecule has 106 valence electrons. The van der Waals surface area contributed by atoms with Crippen LogP contribution in [0.2, 0.25) is 0 Å². The molecule has 1 aromatic heterocycles. The number of hydrogen-bond donors (Lipinski definition) is 1. The number of ether oxygens (including phenoxy) is 1. The first-order chi connectivity index (χ1) is 9.67. The van der Waals surface area contributed by atoms with E-state index in [0.717, 1.165) is 17.2 Å². The lowest BCUT2D eigenvalue weighted by Crippen LogP contribution is -2.03. The summed E-state index contributed by atoms with van der Waals surface area (Å²) in [5.41, 5.74) is 1.90. The number of benzene rings is 1. The fourth-order valence-corrected chi connectivity index (χ4v) is 2.56. The topological polar surface area (TPSA) is 59.4 Å². The summed E-state index contributed by atoms with van der Waals surface area (Å²) in [5.74, 6) is -0.00127. The molecule has 0 spiro atoms. The van der Waals surface area contributed by atoms with Crippen molar-refractivity contribution >= 4 is 17.3 Å². The molecule has 0 fully saturated rings. The predicted octanol–water partition coefficient (Wildman–Crippen LogP) is 2.95. The van der Waals surface area contributed by atoms with E-state index in [0.29, 0.717) is 18.7 Å². The van der Waals surface area contributed by atoms with Crippen LogP contribution in [0.3, 0.4) is 0 Å². The maximum atomic E-state index is 10.6. The molecule has 2 rings (SSSR count). The number of nitrogens with zero attached hydrogens (tertiary/aromatic N) is 1. The molecule has 0 amide bonds. The minimum absolute atomic E-state index is 0.0180. The Labute approximate surface area is 122 Å². The van der Waals surface area contributed by atoms with Gasteiger partial charge in [-0.15, -0.1) is 11.3 Å². The number of carboxylic acid groups (broad SMARTS) is 1. The second-order valence-electron chi connectivity index (χ2n) is 4.40. The smallest absolute Gasteiger partial charge is 0.309 e. The highest BCUT2D eigenvalue weighted by molar-refractivity contribution is 7.09. The van der Waals surface area contributed by atoms with Gasteiger partial charge in [-0.05, 0) is 24.1 Å². The molecule has 5 heteroatoms. The zero-order valence-electron chi connectivity index (χ0n) is 11.3. The van der Waals surface area contributed by atoms with Crippen LogP contribution in [-0.2, 0) is 24.1 Å². The Balaban J connectivity index is 1.80. The molecule has 0 unspecified atom stereocenters. The van der Waals surface area contributed by atoms with Crippen LogP contribution >= 0.6 is 11.3 Å². The third kappa shape index (κ3) is 4.35. The first-order valence-corrected chi connectivity index (χ1v) is 7.42. The van der Waals surface area contributed by atoms with Gasteiger partial charge in [0.2, 0.25) is 0 Å². The molecule has 20 heavy (non-hydrogen) atoms. The van der Waals surface area contributed by atoms with Crippen LogP contribution in [0.1, 0.15) is 23.2 Å². The van der Waals surface area contributed by atoms with Gasteiger partial charge in [0, 0.05) is 11.8 Å². The second kappa shape index (κ2) is 7.05. The van der Waals surface area contributed by atoms with Crippen LogP contribution in [0.5, 0.6) is 5.75 Å². The number of aliphatic carboxylic acids is 1. The van der Waals surface area contributed by atoms with Crippen molar-refractivity contribution in [3.8, 4) is 5.75 Å². The Morgan fingerprint density at radius 2 is 2.10 bits per heavy atom. The van der Waals surface area contributed by atoms with Crippen molar-refractivity contribution in [2.24, 2.45) is 0 Å². The van der Waals surface area contributed by atoms with Gasteiger partial charge < -0.3 is 9.84 Å². The van der Waals surface area contributed by atoms with Gasteiger partial charge in [-0.2, -0.15) is 0 Å². The molecule has 0 aliphatic heterocycles. The molecule has 0 saturated carbocycles. The van der Waals surface area contributed by atoms with Crippen LogP contribution in [0.4, 0.5) is 0 Å². The molecule has 0 aliphatic rings. The molecule has 0 bridgehead atoms. The highest BCUT2D eigenvalue weighted by Gasteiger charge is 2.06. The molecular formula is C15H17NO3S. The SMILES string of the molecule is CCc1ccc(OCCc2nc(CC(=O)O)cs2)cc1. The van der Waals surface area contributed by atoms with E-state index in [1.54, 1.807) is 5.38 Å². The molecule has 2 aromatic rings. The van der Waals surface area contributed by atoms with Crippen molar-refractivity contribution in [3.63, 3.8) is 0 Å². The summed E-state index contributed by atoms with van der Waals surface area (Å²) < 4.78 is 5.65. The average Bonchev–Trinajstić information content (AvgIpc) is 2.86. The summed E-state index contributed by atoms with van der Waals surface area (Å²) in [6, 6.07) is 8.06. The monoisotopic (exact) mass is 291 g/mol. The first-order valence-electron chi connectivity index (χ1n) is 6.54. The third-order valence-electron chi connectivity index (χ3n) is 2.85. The van der Waals surface area contributed by atoms with Crippen molar-refractivity contribution in [2.75, 3.05) is 6.61 Å². The van der Waals surface area contributed by atoms with Crippen molar-refractivity contribution in [3.05, 3.63) is 45.9 Å². The Bertz CT molecular complexity index is 563. The van der Waals surface area contributed by atoms with Gasteiger partial charge in [-0.25, -0.2) is 4.98 Å². The Hall–Kier alpha value is -1.88. The summed E-state index contributed by atoms with van der Waals surface area (Å²) in [5, 5.41) is 11.4. The summed E-state index contributed by atoms with van der Waals surface area (Å²) >= 11 is 1.48. The number of rotatable bonds is 7. The molecule has 1 aromatic carbocycles. The summed E-state index contributed by atoms with van der Waals surface area (Å²) in [6.07, 6.45) is 1.70. The molecule has 0 atom stereocenters. The first kappa shape index (κ1) is 14.5. The maximum absolute atomic E-state index is 10.6. The zero-order valence-corrected chi connectivity index (χ0v) is 12.2. The quantitative estimate of drug-likeness (QED) is 0.852. The fraction of sp³-hybridized carbons (Fsp3) is 0.333. The number of thiazole rings is 1. The normalized spacial score (nSPS) is 10.4. The molecule has 4 nitrogen and oxygen atoms in total. The van der Waals surface area contributed by atoms with E-state index in [1.807, 2.05) is 12.1 Å². The molecule has 0 saturated heterocycles. The number of carboxylic acids is 1. The van der Waals surface area contributed by atoms with Gasteiger partial charge in [0.05, 0.1) is 23.7 Å². The number of carbonyl (C=O) groups is 1. The highest BCUT2D eigenvalue weighted by atomic mass is 32.1.